The molecule has 2 aromatic carbocycles. The molecule has 0 radical (unpaired) electrons. The van der Waals surface area contributed by atoms with Crippen LogP contribution in [0.15, 0.2) is 24.3 Å². The van der Waals surface area contributed by atoms with Crippen molar-refractivity contribution < 1.29 is 43.7 Å². The molecular formula is C38H51N5O9. The Bertz CT molecular complexity index is 1710. The van der Waals surface area contributed by atoms with Gasteiger partial charge in [0.05, 0.1) is 11.1 Å². The van der Waals surface area contributed by atoms with Crippen LogP contribution in [0.25, 0.3) is 0 Å². The van der Waals surface area contributed by atoms with Crippen LogP contribution in [0.3, 0.4) is 0 Å². The van der Waals surface area contributed by atoms with E-state index in [2.05, 4.69) is 16.0 Å². The highest BCUT2D eigenvalue weighted by atomic mass is 16.5. The van der Waals surface area contributed by atoms with Gasteiger partial charge in [0.2, 0.25) is 0 Å². The number of amides is 4. The Morgan fingerprint density at radius 2 is 1.27 bits per heavy atom. The molecule has 14 heteroatoms. The number of nitrogens with two attached hydrogens (primary N) is 1. The summed E-state index contributed by atoms with van der Waals surface area (Å²) in [5.74, 6) is -4.82. The predicted octanol–water partition coefficient (Wildman–Crippen LogP) is 4.18. The van der Waals surface area contributed by atoms with Crippen molar-refractivity contribution in [2.75, 3.05) is 19.6 Å². The molecule has 4 amide bonds. The molecule has 1 saturated heterocycles. The summed E-state index contributed by atoms with van der Waals surface area (Å²) in [7, 11) is 0. The summed E-state index contributed by atoms with van der Waals surface area (Å²) in [4.78, 5) is 81.1. The molecule has 2 atom stereocenters. The van der Waals surface area contributed by atoms with Crippen LogP contribution in [0.1, 0.15) is 139 Å². The van der Waals surface area contributed by atoms with Crippen molar-refractivity contribution in [2.45, 2.75) is 110 Å². The molecule has 2 aromatic rings. The first-order valence-corrected chi connectivity index (χ1v) is 18.1. The second kappa shape index (κ2) is 17.0. The number of hydrogen-bond donors (Lipinski definition) is 6. The third-order valence-electron chi connectivity index (χ3n) is 10.0. The number of carboxylic acid groups (broad SMARTS) is 2. The predicted molar refractivity (Wildman–Crippen MR) is 193 cm³/mol. The van der Waals surface area contributed by atoms with Crippen LogP contribution in [0, 0.1) is 0 Å². The summed E-state index contributed by atoms with van der Waals surface area (Å²) in [6.07, 6.45) is 4.24. The summed E-state index contributed by atoms with van der Waals surface area (Å²) in [6, 6.07) is 3.34. The molecule has 0 saturated carbocycles. The van der Waals surface area contributed by atoms with Gasteiger partial charge in [0.1, 0.15) is 23.6 Å². The van der Waals surface area contributed by atoms with Crippen LogP contribution >= 0.6 is 0 Å². The van der Waals surface area contributed by atoms with Gasteiger partial charge in [-0.05, 0) is 82.2 Å². The van der Waals surface area contributed by atoms with E-state index >= 15 is 0 Å². The summed E-state index contributed by atoms with van der Waals surface area (Å²) >= 11 is 0. The van der Waals surface area contributed by atoms with Gasteiger partial charge < -0.3 is 41.5 Å². The fourth-order valence-corrected chi connectivity index (χ4v) is 6.67. The second-order valence-electron chi connectivity index (χ2n) is 13.9. The van der Waals surface area contributed by atoms with Gasteiger partial charge in [-0.25, -0.2) is 9.59 Å². The van der Waals surface area contributed by atoms with Gasteiger partial charge in [-0.15, -0.1) is 0 Å². The standard InChI is InChI=1S/C38H51N5O9/c1-6-23(7-2)40-32(44)21-17-24(34(46)42-29(37(50)51)13-9-10-14-39)30-26(19-21)38(4,5)27-20-22(35(47)43-15-11-12-16-43)18-25(31(27)52-30)33(45)41-28(8-3)36(48)49/h17-20,23,28-29H,6-16,39H2,1-5H3,(H,40,44)(H,41,45)(H,42,46)(H,48,49)(H,50,51)/t28-,29-/m0/s1. The van der Waals surface area contributed by atoms with Gasteiger partial charge in [0, 0.05) is 46.8 Å². The Labute approximate surface area is 303 Å². The number of carbonyl (C=O) groups is 6. The topological polar surface area (TPSA) is 217 Å². The fourth-order valence-electron chi connectivity index (χ4n) is 6.67. The molecule has 0 aliphatic carbocycles. The van der Waals surface area contributed by atoms with Crippen molar-refractivity contribution in [3.63, 3.8) is 0 Å². The van der Waals surface area contributed by atoms with Crippen LogP contribution in [0.4, 0.5) is 0 Å². The lowest BCUT2D eigenvalue weighted by Gasteiger charge is -2.37. The van der Waals surface area contributed by atoms with Gasteiger partial charge in [-0.3, -0.25) is 19.2 Å². The van der Waals surface area contributed by atoms with E-state index < -0.39 is 47.2 Å². The van der Waals surface area contributed by atoms with Gasteiger partial charge in [0.15, 0.2) is 0 Å². The Hall–Kier alpha value is -4.98. The number of carbonyl (C=O) groups excluding carboxylic acids is 4. The summed E-state index contributed by atoms with van der Waals surface area (Å²) in [6.45, 7) is 10.6. The number of nitrogens with zero attached hydrogens (tertiary/aromatic N) is 1. The smallest absolute Gasteiger partial charge is 0.326 e. The Balaban J connectivity index is 1.93. The maximum Gasteiger partial charge on any atom is 0.326 e. The molecule has 2 heterocycles. The Morgan fingerprint density at radius 1 is 0.750 bits per heavy atom. The molecule has 2 aliphatic rings. The SMILES string of the molecule is CCC(CC)NC(=O)c1cc(C(=O)N[C@@H](CCCCN)C(=O)O)c2c(c1)C(C)(C)c1cc(C(=O)N3CCCC3)cc(C(=O)N[C@@H](CC)C(=O)O)c1O2. The first-order chi connectivity index (χ1) is 24.7. The molecule has 0 spiro atoms. The second-order valence-corrected chi connectivity index (χ2v) is 13.9. The number of likely N-dealkylation sites (tertiary alicyclic amines) is 1. The van der Waals surface area contributed by atoms with Gasteiger partial charge in [0.25, 0.3) is 23.6 Å². The van der Waals surface area contributed by atoms with Crippen LogP contribution in [-0.4, -0.2) is 88.4 Å². The third kappa shape index (κ3) is 8.55. The van der Waals surface area contributed by atoms with Gasteiger partial charge in [-0.1, -0.05) is 34.6 Å². The number of benzene rings is 2. The Morgan fingerprint density at radius 3 is 1.77 bits per heavy atom. The normalized spacial score (nSPS) is 15.5. The van der Waals surface area contributed by atoms with E-state index in [9.17, 15) is 39.0 Å². The number of nitrogens with one attached hydrogen (secondary N) is 3. The van der Waals surface area contributed by atoms with E-state index in [1.807, 2.05) is 27.7 Å². The number of fused-ring (bicyclic) bond motifs is 2. The minimum Gasteiger partial charge on any atom is -0.480 e. The summed E-state index contributed by atoms with van der Waals surface area (Å²) < 4.78 is 6.46. The van der Waals surface area contributed by atoms with Crippen molar-refractivity contribution in [2.24, 2.45) is 5.73 Å². The van der Waals surface area contributed by atoms with E-state index in [4.69, 9.17) is 10.5 Å². The van der Waals surface area contributed by atoms with Crippen LogP contribution < -0.4 is 26.4 Å². The molecule has 14 nitrogen and oxygen atoms in total. The molecule has 1 fully saturated rings. The average Bonchev–Trinajstić information content (AvgIpc) is 3.66. The van der Waals surface area contributed by atoms with Crippen molar-refractivity contribution >= 4 is 35.6 Å². The van der Waals surface area contributed by atoms with E-state index in [1.54, 1.807) is 24.0 Å². The Kier molecular flexibility index (Phi) is 13.0. The molecule has 0 unspecified atom stereocenters. The van der Waals surface area contributed by atoms with E-state index in [0.29, 0.717) is 56.4 Å². The average molecular weight is 722 g/mol. The lowest BCUT2D eigenvalue weighted by molar-refractivity contribution is -0.140. The maximum atomic E-state index is 14.1. The van der Waals surface area contributed by atoms with E-state index in [1.165, 1.54) is 12.1 Å². The zero-order chi connectivity index (χ0) is 38.3. The molecule has 282 valence electrons. The summed E-state index contributed by atoms with van der Waals surface area (Å²) in [5.41, 5.74) is 5.42. The van der Waals surface area contributed by atoms with Crippen molar-refractivity contribution in [1.82, 2.24) is 20.9 Å². The molecular weight excluding hydrogens is 670 g/mol. The molecule has 52 heavy (non-hydrogen) atoms. The van der Waals surface area contributed by atoms with E-state index in [-0.39, 0.29) is 58.5 Å². The number of ether oxygens (including phenoxy) is 1. The molecule has 2 aliphatic heterocycles. The molecule has 0 aromatic heterocycles. The maximum absolute atomic E-state index is 14.1. The fraction of sp³-hybridized carbons (Fsp3) is 0.526. The van der Waals surface area contributed by atoms with E-state index in [0.717, 1.165) is 12.8 Å². The monoisotopic (exact) mass is 721 g/mol. The van der Waals surface area contributed by atoms with Gasteiger partial charge in [-0.2, -0.15) is 0 Å². The molecule has 7 N–H and O–H groups in total. The lowest BCUT2D eigenvalue weighted by Crippen LogP contribution is -2.42. The molecule has 0 bridgehead atoms. The number of hydrogen-bond acceptors (Lipinski definition) is 8. The van der Waals surface area contributed by atoms with Crippen LogP contribution in [0.2, 0.25) is 0 Å². The van der Waals surface area contributed by atoms with Crippen molar-refractivity contribution in [3.05, 3.63) is 57.6 Å². The third-order valence-corrected chi connectivity index (χ3v) is 10.0. The zero-order valence-electron chi connectivity index (χ0n) is 30.6. The van der Waals surface area contributed by atoms with Crippen LogP contribution in [0.5, 0.6) is 11.5 Å². The minimum absolute atomic E-state index is 0.00174. The molecule has 4 rings (SSSR count). The van der Waals surface area contributed by atoms with Crippen molar-refractivity contribution in [3.8, 4) is 11.5 Å². The first-order valence-electron chi connectivity index (χ1n) is 18.1. The number of rotatable bonds is 16. The highest BCUT2D eigenvalue weighted by molar-refractivity contribution is 6.06. The lowest BCUT2D eigenvalue weighted by atomic mass is 9.73. The van der Waals surface area contributed by atoms with Crippen LogP contribution in [-0.2, 0) is 15.0 Å². The van der Waals surface area contributed by atoms with Gasteiger partial charge >= 0.3 is 11.9 Å². The zero-order valence-corrected chi connectivity index (χ0v) is 30.6. The largest absolute Gasteiger partial charge is 0.480 e. The first kappa shape index (κ1) is 39.8. The number of unbranched alkanes of at least 4 members (excludes halogenated alkanes) is 1. The minimum atomic E-state index is -1.26. The number of aliphatic carboxylic acids is 2. The number of carboxylic acids is 2. The summed E-state index contributed by atoms with van der Waals surface area (Å²) in [5, 5.41) is 27.7. The van der Waals surface area contributed by atoms with Crippen molar-refractivity contribution in [1.29, 1.82) is 0 Å². The highest BCUT2D eigenvalue weighted by Gasteiger charge is 2.41. The highest BCUT2D eigenvalue weighted by Crippen LogP contribution is 2.51. The quantitative estimate of drug-likeness (QED) is 0.136.